The Bertz CT molecular complexity index is 1390. The Morgan fingerprint density at radius 1 is 1.06 bits per heavy atom. The first-order chi connectivity index (χ1) is 16.0. The van der Waals surface area contributed by atoms with Gasteiger partial charge >= 0.3 is 0 Å². The fourth-order valence-corrected chi connectivity index (χ4v) is 4.38. The molecule has 0 bridgehead atoms. The van der Waals surface area contributed by atoms with Crippen LogP contribution in [0.25, 0.3) is 10.9 Å². The highest BCUT2D eigenvalue weighted by molar-refractivity contribution is 7.99. The van der Waals surface area contributed by atoms with Crippen LogP contribution in [0.3, 0.4) is 0 Å². The fourth-order valence-electron chi connectivity index (χ4n) is 3.50. The van der Waals surface area contributed by atoms with Crippen molar-refractivity contribution in [3.8, 4) is 0 Å². The molecule has 0 aliphatic carbocycles. The van der Waals surface area contributed by atoms with Gasteiger partial charge < -0.3 is 5.32 Å². The van der Waals surface area contributed by atoms with E-state index in [0.29, 0.717) is 16.1 Å². The van der Waals surface area contributed by atoms with Crippen LogP contribution in [-0.2, 0) is 4.79 Å². The van der Waals surface area contributed by atoms with Crippen molar-refractivity contribution < 1.29 is 9.72 Å². The number of nitrogens with zero attached hydrogens (tertiary/aromatic N) is 3. The third-order valence-corrected chi connectivity index (χ3v) is 6.10. The molecule has 9 heteroatoms. The Labute approximate surface area is 193 Å². The summed E-state index contributed by atoms with van der Waals surface area (Å²) in [6.07, 6.45) is 0. The number of aromatic nitrogens is 2. The van der Waals surface area contributed by atoms with E-state index in [4.69, 9.17) is 0 Å². The highest BCUT2D eigenvalue weighted by Crippen LogP contribution is 2.26. The van der Waals surface area contributed by atoms with E-state index in [1.165, 1.54) is 18.2 Å². The number of thioether (sulfide) groups is 1. The SMILES string of the molecule is CC(c1ccccc1)n1c(SCC(=O)Nc2ccccc2[N+](=O)[O-])nc2ccccc2c1=O. The Kier molecular flexibility index (Phi) is 6.50. The Morgan fingerprint density at radius 2 is 1.73 bits per heavy atom. The summed E-state index contributed by atoms with van der Waals surface area (Å²) < 4.78 is 1.58. The maximum Gasteiger partial charge on any atom is 0.292 e. The molecule has 33 heavy (non-hydrogen) atoms. The second-order valence-electron chi connectivity index (χ2n) is 7.28. The average Bonchev–Trinajstić information content (AvgIpc) is 2.83. The molecule has 0 aliphatic rings. The fraction of sp³-hybridized carbons (Fsp3) is 0.125. The smallest absolute Gasteiger partial charge is 0.292 e. The molecule has 1 N–H and O–H groups in total. The normalized spacial score (nSPS) is 11.8. The first-order valence-electron chi connectivity index (χ1n) is 10.2. The van der Waals surface area contributed by atoms with Gasteiger partial charge in [-0.1, -0.05) is 66.4 Å². The second kappa shape index (κ2) is 9.66. The molecule has 4 rings (SSSR count). The van der Waals surface area contributed by atoms with E-state index in [9.17, 15) is 19.7 Å². The van der Waals surface area contributed by atoms with Crippen LogP contribution in [-0.4, -0.2) is 26.1 Å². The Hall–Kier alpha value is -3.98. The summed E-state index contributed by atoms with van der Waals surface area (Å²) in [5.41, 5.74) is 1.21. The number of carbonyl (C=O) groups is 1. The van der Waals surface area contributed by atoms with Crippen LogP contribution in [0.4, 0.5) is 11.4 Å². The van der Waals surface area contributed by atoms with Gasteiger partial charge in [0.05, 0.1) is 27.6 Å². The monoisotopic (exact) mass is 460 g/mol. The number of benzene rings is 3. The molecule has 0 spiro atoms. The van der Waals surface area contributed by atoms with E-state index < -0.39 is 10.8 Å². The van der Waals surface area contributed by atoms with Crippen molar-refractivity contribution >= 4 is 39.9 Å². The van der Waals surface area contributed by atoms with E-state index in [1.54, 1.807) is 34.9 Å². The molecule has 3 aromatic carbocycles. The molecule has 1 aromatic heterocycles. The molecule has 8 nitrogen and oxygen atoms in total. The summed E-state index contributed by atoms with van der Waals surface area (Å²) in [4.78, 5) is 41.2. The number of nitrogens with one attached hydrogen (secondary N) is 1. The summed E-state index contributed by atoms with van der Waals surface area (Å²) in [7, 11) is 0. The van der Waals surface area contributed by atoms with Crippen molar-refractivity contribution in [3.05, 3.63) is 105 Å². The van der Waals surface area contributed by atoms with Crippen LogP contribution >= 0.6 is 11.8 Å². The summed E-state index contributed by atoms with van der Waals surface area (Å²) in [6, 6.07) is 22.3. The lowest BCUT2D eigenvalue weighted by molar-refractivity contribution is -0.383. The van der Waals surface area contributed by atoms with E-state index in [-0.39, 0.29) is 28.7 Å². The molecule has 1 atom stereocenters. The first kappa shape index (κ1) is 22.2. The van der Waals surface area contributed by atoms with Gasteiger partial charge in [-0.2, -0.15) is 0 Å². The summed E-state index contributed by atoms with van der Waals surface area (Å²) >= 11 is 1.11. The van der Waals surface area contributed by atoms with E-state index >= 15 is 0 Å². The molecule has 0 aliphatic heterocycles. The summed E-state index contributed by atoms with van der Waals surface area (Å²) in [6.45, 7) is 1.91. The van der Waals surface area contributed by atoms with Crippen molar-refractivity contribution in [2.45, 2.75) is 18.1 Å². The lowest BCUT2D eigenvalue weighted by Crippen LogP contribution is -2.27. The third kappa shape index (κ3) is 4.78. The van der Waals surface area contributed by atoms with Gasteiger partial charge in [0.2, 0.25) is 5.91 Å². The van der Waals surface area contributed by atoms with Gasteiger partial charge in [0.1, 0.15) is 5.69 Å². The molecule has 0 fully saturated rings. The number of nitro benzene ring substituents is 1. The van der Waals surface area contributed by atoms with Crippen molar-refractivity contribution in [3.63, 3.8) is 0 Å². The van der Waals surface area contributed by atoms with Gasteiger partial charge in [-0.3, -0.25) is 24.3 Å². The van der Waals surface area contributed by atoms with Crippen LogP contribution in [0.1, 0.15) is 18.5 Å². The van der Waals surface area contributed by atoms with Gasteiger partial charge in [0, 0.05) is 6.07 Å². The molecule has 0 saturated heterocycles. The minimum absolute atomic E-state index is 0.0711. The maximum atomic E-state index is 13.4. The number of amides is 1. The van der Waals surface area contributed by atoms with Crippen molar-refractivity contribution in [2.75, 3.05) is 11.1 Å². The number of rotatable bonds is 7. The molecule has 0 radical (unpaired) electrons. The average molecular weight is 461 g/mol. The van der Waals surface area contributed by atoms with Crippen molar-refractivity contribution in [1.29, 1.82) is 0 Å². The minimum Gasteiger partial charge on any atom is -0.320 e. The zero-order valence-electron chi connectivity index (χ0n) is 17.7. The summed E-state index contributed by atoms with van der Waals surface area (Å²) in [5, 5.41) is 14.7. The van der Waals surface area contributed by atoms with Gasteiger partial charge in [-0.25, -0.2) is 4.98 Å². The number of nitro groups is 1. The topological polar surface area (TPSA) is 107 Å². The van der Waals surface area contributed by atoms with E-state index in [0.717, 1.165) is 17.3 Å². The molecule has 166 valence electrons. The number of anilines is 1. The van der Waals surface area contributed by atoms with Crippen LogP contribution in [0.15, 0.2) is 88.8 Å². The van der Waals surface area contributed by atoms with Crippen LogP contribution < -0.4 is 10.9 Å². The van der Waals surface area contributed by atoms with E-state index in [1.807, 2.05) is 37.3 Å². The number of fused-ring (bicyclic) bond motifs is 1. The number of hydrogen-bond donors (Lipinski definition) is 1. The van der Waals surface area contributed by atoms with Gasteiger partial charge in [-0.15, -0.1) is 0 Å². The minimum atomic E-state index is -0.549. The number of carbonyl (C=O) groups excluding carboxylic acids is 1. The van der Waals surface area contributed by atoms with Crippen LogP contribution in [0.5, 0.6) is 0 Å². The van der Waals surface area contributed by atoms with Crippen LogP contribution in [0, 0.1) is 10.1 Å². The quantitative estimate of drug-likeness (QED) is 0.186. The third-order valence-electron chi connectivity index (χ3n) is 5.15. The molecular weight excluding hydrogens is 440 g/mol. The van der Waals surface area contributed by atoms with E-state index in [2.05, 4.69) is 10.3 Å². The molecule has 0 saturated carbocycles. The first-order valence-corrected chi connectivity index (χ1v) is 11.2. The Balaban J connectivity index is 1.65. The lowest BCUT2D eigenvalue weighted by atomic mass is 10.1. The highest BCUT2D eigenvalue weighted by atomic mass is 32.2. The second-order valence-corrected chi connectivity index (χ2v) is 8.23. The van der Waals surface area contributed by atoms with Gasteiger partial charge in [-0.05, 0) is 30.7 Å². The van der Waals surface area contributed by atoms with Crippen LogP contribution in [0.2, 0.25) is 0 Å². The van der Waals surface area contributed by atoms with Crippen molar-refractivity contribution in [1.82, 2.24) is 9.55 Å². The number of para-hydroxylation sites is 3. The predicted octanol–water partition coefficient (Wildman–Crippen LogP) is 4.64. The van der Waals surface area contributed by atoms with Crippen molar-refractivity contribution in [2.24, 2.45) is 0 Å². The zero-order valence-corrected chi connectivity index (χ0v) is 18.5. The zero-order chi connectivity index (χ0) is 23.4. The molecule has 1 heterocycles. The molecule has 1 unspecified atom stereocenters. The molecule has 1 amide bonds. The largest absolute Gasteiger partial charge is 0.320 e. The highest BCUT2D eigenvalue weighted by Gasteiger charge is 2.20. The lowest BCUT2D eigenvalue weighted by Gasteiger charge is -2.20. The van der Waals surface area contributed by atoms with Gasteiger partial charge in [0.25, 0.3) is 11.2 Å². The maximum absolute atomic E-state index is 13.4. The molecular formula is C24H20N4O4S. The standard InChI is InChI=1S/C24H20N4O4S/c1-16(17-9-3-2-4-10-17)27-23(30)18-11-5-6-12-19(18)26-24(27)33-15-22(29)25-20-13-7-8-14-21(20)28(31)32/h2-14,16H,15H2,1H3,(H,25,29). The predicted molar refractivity (Wildman–Crippen MR) is 129 cm³/mol. The Morgan fingerprint density at radius 3 is 2.48 bits per heavy atom. The number of hydrogen-bond acceptors (Lipinski definition) is 6. The molecule has 4 aromatic rings. The summed E-state index contributed by atoms with van der Waals surface area (Å²) in [5.74, 6) is -0.506. The van der Waals surface area contributed by atoms with Gasteiger partial charge in [0.15, 0.2) is 5.16 Å².